The van der Waals surface area contributed by atoms with Crippen molar-refractivity contribution < 1.29 is 0 Å². The molecule has 4 rings (SSSR count). The van der Waals surface area contributed by atoms with E-state index in [0.29, 0.717) is 17.9 Å². The third-order valence-corrected chi connectivity index (χ3v) is 4.73. The number of hydrogen-bond donors (Lipinski definition) is 1. The van der Waals surface area contributed by atoms with E-state index in [0.717, 1.165) is 30.5 Å². The standard InChI is InChI=1S/C22H19N3/c23-14-20-18-12-7-13-19(18)21(17-10-5-2-6-11-17)25-22(20)24-15-16-8-3-1-4-9-16/h1-6,8-11H,7,12-13,15H2,(H,24,25). The summed E-state index contributed by atoms with van der Waals surface area (Å²) in [6.45, 7) is 0.662. The van der Waals surface area contributed by atoms with Crippen LogP contribution in [0.15, 0.2) is 60.7 Å². The molecular weight excluding hydrogens is 306 g/mol. The third-order valence-electron chi connectivity index (χ3n) is 4.73. The summed E-state index contributed by atoms with van der Waals surface area (Å²) in [6.07, 6.45) is 3.05. The average molecular weight is 325 g/mol. The molecule has 0 saturated heterocycles. The molecule has 1 aromatic heterocycles. The topological polar surface area (TPSA) is 48.7 Å². The summed E-state index contributed by atoms with van der Waals surface area (Å²) in [4.78, 5) is 4.87. The van der Waals surface area contributed by atoms with Crippen molar-refractivity contribution in [2.24, 2.45) is 0 Å². The second-order valence-electron chi connectivity index (χ2n) is 6.31. The number of fused-ring (bicyclic) bond motifs is 1. The van der Waals surface area contributed by atoms with E-state index in [4.69, 9.17) is 4.98 Å². The predicted octanol–water partition coefficient (Wildman–Crippen LogP) is 4.72. The number of hydrogen-bond acceptors (Lipinski definition) is 3. The number of pyridine rings is 1. The van der Waals surface area contributed by atoms with E-state index in [1.165, 1.54) is 16.7 Å². The lowest BCUT2D eigenvalue weighted by Crippen LogP contribution is -2.07. The Balaban J connectivity index is 1.77. The molecule has 3 aromatic rings. The van der Waals surface area contributed by atoms with Gasteiger partial charge in [-0.3, -0.25) is 0 Å². The summed E-state index contributed by atoms with van der Waals surface area (Å²) < 4.78 is 0. The first-order valence-electron chi connectivity index (χ1n) is 8.66. The van der Waals surface area contributed by atoms with E-state index < -0.39 is 0 Å². The molecule has 25 heavy (non-hydrogen) atoms. The zero-order chi connectivity index (χ0) is 17.1. The van der Waals surface area contributed by atoms with Gasteiger partial charge in [0.1, 0.15) is 11.9 Å². The van der Waals surface area contributed by atoms with Crippen LogP contribution in [0.3, 0.4) is 0 Å². The molecule has 0 spiro atoms. The summed E-state index contributed by atoms with van der Waals surface area (Å²) in [5.74, 6) is 0.700. The van der Waals surface area contributed by atoms with Crippen LogP contribution >= 0.6 is 0 Å². The van der Waals surface area contributed by atoms with Crippen LogP contribution in [0.5, 0.6) is 0 Å². The third kappa shape index (κ3) is 2.99. The highest BCUT2D eigenvalue weighted by atomic mass is 15.0. The maximum absolute atomic E-state index is 9.71. The van der Waals surface area contributed by atoms with Gasteiger partial charge in [-0.25, -0.2) is 4.98 Å². The summed E-state index contributed by atoms with van der Waals surface area (Å²) in [5.41, 5.74) is 6.44. The van der Waals surface area contributed by atoms with Crippen LogP contribution in [0.4, 0.5) is 5.82 Å². The van der Waals surface area contributed by atoms with Gasteiger partial charge in [0.25, 0.3) is 0 Å². The smallest absolute Gasteiger partial charge is 0.145 e. The van der Waals surface area contributed by atoms with Crippen molar-refractivity contribution in [3.05, 3.63) is 82.9 Å². The molecule has 1 aliphatic carbocycles. The lowest BCUT2D eigenvalue weighted by Gasteiger charge is -2.15. The molecule has 0 aliphatic heterocycles. The number of nitrogens with zero attached hydrogens (tertiary/aromatic N) is 2. The van der Waals surface area contributed by atoms with Crippen molar-refractivity contribution in [1.29, 1.82) is 5.26 Å². The molecule has 2 aromatic carbocycles. The van der Waals surface area contributed by atoms with Crippen LogP contribution < -0.4 is 5.32 Å². The van der Waals surface area contributed by atoms with Crippen LogP contribution in [0.1, 0.15) is 28.7 Å². The molecule has 0 fully saturated rings. The summed E-state index contributed by atoms with van der Waals surface area (Å²) >= 11 is 0. The summed E-state index contributed by atoms with van der Waals surface area (Å²) in [5, 5.41) is 13.1. The van der Waals surface area contributed by atoms with Crippen molar-refractivity contribution in [1.82, 2.24) is 4.98 Å². The van der Waals surface area contributed by atoms with Crippen LogP contribution in [0, 0.1) is 11.3 Å². The monoisotopic (exact) mass is 325 g/mol. The van der Waals surface area contributed by atoms with Gasteiger partial charge in [-0.05, 0) is 36.0 Å². The first kappa shape index (κ1) is 15.4. The molecule has 0 saturated carbocycles. The van der Waals surface area contributed by atoms with Gasteiger partial charge >= 0.3 is 0 Å². The highest BCUT2D eigenvalue weighted by molar-refractivity contribution is 5.72. The van der Waals surface area contributed by atoms with E-state index in [-0.39, 0.29) is 0 Å². The SMILES string of the molecule is N#Cc1c(NCc2ccccc2)nc(-c2ccccc2)c2c1CCC2. The van der Waals surface area contributed by atoms with Gasteiger partial charge in [-0.2, -0.15) is 5.26 Å². The van der Waals surface area contributed by atoms with E-state index in [1.54, 1.807) is 0 Å². The Hall–Kier alpha value is -3.12. The fraction of sp³-hybridized carbons (Fsp3) is 0.182. The zero-order valence-electron chi connectivity index (χ0n) is 14.0. The van der Waals surface area contributed by atoms with Crippen molar-refractivity contribution >= 4 is 5.82 Å². The molecular formula is C22H19N3. The van der Waals surface area contributed by atoms with Gasteiger partial charge in [-0.1, -0.05) is 60.7 Å². The molecule has 3 nitrogen and oxygen atoms in total. The van der Waals surface area contributed by atoms with Crippen molar-refractivity contribution in [2.75, 3.05) is 5.32 Å². The van der Waals surface area contributed by atoms with Crippen molar-refractivity contribution in [2.45, 2.75) is 25.8 Å². The van der Waals surface area contributed by atoms with Crippen LogP contribution in [0.25, 0.3) is 11.3 Å². The maximum atomic E-state index is 9.71. The molecule has 1 heterocycles. The highest BCUT2D eigenvalue weighted by Crippen LogP contribution is 2.36. The van der Waals surface area contributed by atoms with Gasteiger partial charge in [-0.15, -0.1) is 0 Å². The molecule has 0 unspecified atom stereocenters. The lowest BCUT2D eigenvalue weighted by molar-refractivity contribution is 0.911. The first-order chi connectivity index (χ1) is 12.4. The predicted molar refractivity (Wildman–Crippen MR) is 100 cm³/mol. The minimum absolute atomic E-state index is 0.662. The van der Waals surface area contributed by atoms with Gasteiger partial charge in [0.15, 0.2) is 0 Å². The Morgan fingerprint density at radius 2 is 1.60 bits per heavy atom. The number of nitrogens with one attached hydrogen (secondary N) is 1. The fourth-order valence-electron chi connectivity index (χ4n) is 3.52. The largest absolute Gasteiger partial charge is 0.365 e. The Labute approximate surface area is 148 Å². The minimum atomic E-state index is 0.662. The molecule has 1 N–H and O–H groups in total. The van der Waals surface area contributed by atoms with Crippen molar-refractivity contribution in [3.8, 4) is 17.3 Å². The first-order valence-corrected chi connectivity index (χ1v) is 8.66. The van der Waals surface area contributed by atoms with E-state index in [1.807, 2.05) is 36.4 Å². The van der Waals surface area contributed by atoms with Gasteiger partial charge in [0.2, 0.25) is 0 Å². The molecule has 0 amide bonds. The zero-order valence-corrected chi connectivity index (χ0v) is 14.0. The maximum Gasteiger partial charge on any atom is 0.145 e. The minimum Gasteiger partial charge on any atom is -0.365 e. The number of anilines is 1. The Morgan fingerprint density at radius 3 is 2.32 bits per heavy atom. The molecule has 122 valence electrons. The average Bonchev–Trinajstić information content (AvgIpc) is 3.16. The molecule has 3 heteroatoms. The normalized spacial score (nSPS) is 12.4. The second-order valence-corrected chi connectivity index (χ2v) is 6.31. The summed E-state index contributed by atoms with van der Waals surface area (Å²) in [7, 11) is 0. The van der Waals surface area contributed by atoms with Gasteiger partial charge in [0.05, 0.1) is 11.3 Å². The summed E-state index contributed by atoms with van der Waals surface area (Å²) in [6, 6.07) is 22.9. The second kappa shape index (κ2) is 6.78. The fourth-order valence-corrected chi connectivity index (χ4v) is 3.52. The van der Waals surface area contributed by atoms with E-state index >= 15 is 0 Å². The quantitative estimate of drug-likeness (QED) is 0.755. The van der Waals surface area contributed by atoms with Gasteiger partial charge < -0.3 is 5.32 Å². The van der Waals surface area contributed by atoms with Crippen molar-refractivity contribution in [3.63, 3.8) is 0 Å². The number of rotatable bonds is 4. The van der Waals surface area contributed by atoms with Crippen LogP contribution in [-0.4, -0.2) is 4.98 Å². The molecule has 0 bridgehead atoms. The Kier molecular flexibility index (Phi) is 4.18. The number of aromatic nitrogens is 1. The van der Waals surface area contributed by atoms with Gasteiger partial charge in [0, 0.05) is 12.1 Å². The lowest BCUT2D eigenvalue weighted by atomic mass is 9.99. The highest BCUT2D eigenvalue weighted by Gasteiger charge is 2.24. The molecule has 1 aliphatic rings. The molecule has 0 atom stereocenters. The Bertz CT molecular complexity index is 925. The van der Waals surface area contributed by atoms with Crippen LogP contribution in [0.2, 0.25) is 0 Å². The van der Waals surface area contributed by atoms with E-state index in [2.05, 4.69) is 35.7 Å². The van der Waals surface area contributed by atoms with Crippen LogP contribution in [-0.2, 0) is 19.4 Å². The molecule has 0 radical (unpaired) electrons. The Morgan fingerprint density at radius 1 is 0.920 bits per heavy atom. The number of nitriles is 1. The van der Waals surface area contributed by atoms with E-state index in [9.17, 15) is 5.26 Å². The number of benzene rings is 2.